The highest BCUT2D eigenvalue weighted by atomic mass is 19.1. The fraction of sp³-hybridized carbons (Fsp3) is 0.364. The van der Waals surface area contributed by atoms with Crippen LogP contribution >= 0.6 is 0 Å². The third-order valence-corrected chi connectivity index (χ3v) is 5.51. The van der Waals surface area contributed by atoms with Crippen molar-refractivity contribution < 1.29 is 14.0 Å². The van der Waals surface area contributed by atoms with Gasteiger partial charge in [0.25, 0.3) is 5.91 Å². The Morgan fingerprint density at radius 2 is 2.00 bits per heavy atom. The van der Waals surface area contributed by atoms with Gasteiger partial charge in [-0.1, -0.05) is 13.0 Å². The Kier molecular flexibility index (Phi) is 4.46. The van der Waals surface area contributed by atoms with Crippen LogP contribution in [0.1, 0.15) is 41.3 Å². The van der Waals surface area contributed by atoms with Crippen LogP contribution in [-0.4, -0.2) is 18.4 Å². The number of carbonyl (C=O) groups excluding carboxylic acids is 2. The predicted molar refractivity (Wildman–Crippen MR) is 103 cm³/mol. The molecule has 0 spiro atoms. The Morgan fingerprint density at radius 3 is 2.74 bits per heavy atom. The van der Waals surface area contributed by atoms with E-state index >= 15 is 0 Å². The van der Waals surface area contributed by atoms with Crippen LogP contribution in [0.5, 0.6) is 0 Å². The molecule has 4 nitrogen and oxygen atoms in total. The van der Waals surface area contributed by atoms with Gasteiger partial charge in [-0.2, -0.15) is 0 Å². The lowest BCUT2D eigenvalue weighted by Gasteiger charge is -2.31. The molecule has 1 aliphatic carbocycles. The van der Waals surface area contributed by atoms with Gasteiger partial charge in [0.2, 0.25) is 5.91 Å². The quantitative estimate of drug-likeness (QED) is 0.879. The summed E-state index contributed by atoms with van der Waals surface area (Å²) in [5.74, 6) is 0.141. The molecule has 2 unspecified atom stereocenters. The molecule has 1 heterocycles. The Bertz CT molecular complexity index is 925. The van der Waals surface area contributed by atoms with E-state index in [4.69, 9.17) is 0 Å². The van der Waals surface area contributed by atoms with Crippen molar-refractivity contribution in [2.45, 2.75) is 33.1 Å². The van der Waals surface area contributed by atoms with Gasteiger partial charge in [0.15, 0.2) is 0 Å². The minimum atomic E-state index is -0.264. The van der Waals surface area contributed by atoms with Crippen LogP contribution in [0.2, 0.25) is 0 Å². The molecule has 5 heteroatoms. The van der Waals surface area contributed by atoms with E-state index in [0.717, 1.165) is 36.1 Å². The van der Waals surface area contributed by atoms with Crippen LogP contribution in [0, 0.1) is 24.6 Å². The Balaban J connectivity index is 1.59. The highest BCUT2D eigenvalue weighted by Crippen LogP contribution is 2.38. The van der Waals surface area contributed by atoms with E-state index in [1.807, 2.05) is 6.92 Å². The molecule has 1 aliphatic heterocycles. The maximum atomic E-state index is 13.7. The van der Waals surface area contributed by atoms with Crippen molar-refractivity contribution in [1.29, 1.82) is 0 Å². The van der Waals surface area contributed by atoms with Gasteiger partial charge in [-0.3, -0.25) is 9.59 Å². The maximum absolute atomic E-state index is 13.7. The van der Waals surface area contributed by atoms with Crippen LogP contribution in [0.4, 0.5) is 15.8 Å². The van der Waals surface area contributed by atoms with Crippen molar-refractivity contribution in [2.24, 2.45) is 11.8 Å². The number of aryl methyl sites for hydroxylation is 2. The fourth-order valence-electron chi connectivity index (χ4n) is 3.93. The van der Waals surface area contributed by atoms with E-state index in [-0.39, 0.29) is 23.5 Å². The Morgan fingerprint density at radius 1 is 1.22 bits per heavy atom. The van der Waals surface area contributed by atoms with Crippen molar-refractivity contribution >= 4 is 23.2 Å². The highest BCUT2D eigenvalue weighted by Gasteiger charge is 2.39. The molecular weight excluding hydrogens is 343 g/mol. The Labute approximate surface area is 158 Å². The molecule has 1 saturated carbocycles. The molecule has 4 rings (SSSR count). The lowest BCUT2D eigenvalue weighted by molar-refractivity contribution is -0.117. The number of nitrogens with one attached hydrogen (secondary N) is 1. The maximum Gasteiger partial charge on any atom is 0.258 e. The van der Waals surface area contributed by atoms with E-state index < -0.39 is 0 Å². The normalized spacial score (nSPS) is 20.8. The number of anilines is 2. The summed E-state index contributed by atoms with van der Waals surface area (Å²) in [5.41, 5.74) is 3.62. The van der Waals surface area contributed by atoms with Crippen LogP contribution in [0.25, 0.3) is 0 Å². The molecule has 2 amide bonds. The molecular formula is C22H23FN2O2. The third-order valence-electron chi connectivity index (χ3n) is 5.51. The summed E-state index contributed by atoms with van der Waals surface area (Å²) < 4.78 is 13.7. The predicted octanol–water partition coefficient (Wildman–Crippen LogP) is 4.32. The van der Waals surface area contributed by atoms with Gasteiger partial charge in [-0.05, 0) is 73.6 Å². The summed E-state index contributed by atoms with van der Waals surface area (Å²) in [7, 11) is 0. The van der Waals surface area contributed by atoms with Gasteiger partial charge < -0.3 is 10.2 Å². The summed E-state index contributed by atoms with van der Waals surface area (Å²) in [4.78, 5) is 27.1. The van der Waals surface area contributed by atoms with Gasteiger partial charge in [0, 0.05) is 23.7 Å². The second-order valence-electron chi connectivity index (χ2n) is 7.68. The average molecular weight is 366 g/mol. The summed E-state index contributed by atoms with van der Waals surface area (Å²) >= 11 is 0. The smallest absolute Gasteiger partial charge is 0.258 e. The molecule has 1 N–H and O–H groups in total. The standard InChI is InChI=1S/C22H23FN2O2/c1-13-10-19(13)21(26)24-18-7-3-5-16(12-18)22(27)25-8-4-6-15-11-17(23)9-14(2)20(15)25/h3,5,7,9,11-13,19H,4,6,8,10H2,1-2H3,(H,24,26). The van der Waals surface area contributed by atoms with Crippen LogP contribution in [0.15, 0.2) is 36.4 Å². The monoisotopic (exact) mass is 366 g/mol. The van der Waals surface area contributed by atoms with Crippen molar-refractivity contribution in [3.05, 3.63) is 58.9 Å². The molecule has 2 atom stereocenters. The van der Waals surface area contributed by atoms with E-state index in [1.165, 1.54) is 12.1 Å². The highest BCUT2D eigenvalue weighted by molar-refractivity contribution is 6.08. The molecule has 0 bridgehead atoms. The van der Waals surface area contributed by atoms with Crippen LogP contribution in [0.3, 0.4) is 0 Å². The minimum Gasteiger partial charge on any atom is -0.326 e. The number of rotatable bonds is 3. The second-order valence-corrected chi connectivity index (χ2v) is 7.68. The topological polar surface area (TPSA) is 49.4 Å². The van der Waals surface area contributed by atoms with Crippen LogP contribution in [-0.2, 0) is 11.2 Å². The molecule has 2 aromatic carbocycles. The van der Waals surface area contributed by atoms with Crippen molar-refractivity contribution in [1.82, 2.24) is 0 Å². The first-order chi connectivity index (χ1) is 12.9. The summed E-state index contributed by atoms with van der Waals surface area (Å²) in [6.07, 6.45) is 2.50. The molecule has 2 aromatic rings. The number of amides is 2. The van der Waals surface area contributed by atoms with Gasteiger partial charge >= 0.3 is 0 Å². The minimum absolute atomic E-state index is 0.0155. The zero-order chi connectivity index (χ0) is 19.1. The number of fused-ring (bicyclic) bond motifs is 1. The summed E-state index contributed by atoms with van der Waals surface area (Å²) in [5, 5.41) is 2.91. The molecule has 0 saturated heterocycles. The lowest BCUT2D eigenvalue weighted by atomic mass is 9.97. The average Bonchev–Trinajstić information content (AvgIpc) is 3.37. The number of carbonyl (C=O) groups is 2. The molecule has 2 aliphatic rings. The second kappa shape index (κ2) is 6.80. The number of hydrogen-bond acceptors (Lipinski definition) is 2. The molecule has 0 radical (unpaired) electrons. The van der Waals surface area contributed by atoms with E-state index in [2.05, 4.69) is 12.2 Å². The van der Waals surface area contributed by atoms with E-state index in [1.54, 1.807) is 29.2 Å². The van der Waals surface area contributed by atoms with Crippen molar-refractivity contribution in [3.63, 3.8) is 0 Å². The summed E-state index contributed by atoms with van der Waals surface area (Å²) in [6.45, 7) is 4.50. The largest absolute Gasteiger partial charge is 0.326 e. The van der Waals surface area contributed by atoms with Gasteiger partial charge in [-0.15, -0.1) is 0 Å². The van der Waals surface area contributed by atoms with Crippen molar-refractivity contribution in [2.75, 3.05) is 16.8 Å². The van der Waals surface area contributed by atoms with Gasteiger partial charge in [-0.25, -0.2) is 4.39 Å². The summed E-state index contributed by atoms with van der Waals surface area (Å²) in [6, 6.07) is 10.0. The zero-order valence-electron chi connectivity index (χ0n) is 15.6. The number of nitrogens with zero attached hydrogens (tertiary/aromatic N) is 1. The molecule has 1 fully saturated rings. The van der Waals surface area contributed by atoms with Gasteiger partial charge in [0.1, 0.15) is 5.82 Å². The number of hydrogen-bond donors (Lipinski definition) is 1. The van der Waals surface area contributed by atoms with Crippen molar-refractivity contribution in [3.8, 4) is 0 Å². The first-order valence-electron chi connectivity index (χ1n) is 9.46. The Hall–Kier alpha value is -2.69. The van der Waals surface area contributed by atoms with Gasteiger partial charge in [0.05, 0.1) is 5.69 Å². The van der Waals surface area contributed by atoms with E-state index in [0.29, 0.717) is 23.7 Å². The lowest BCUT2D eigenvalue weighted by Crippen LogP contribution is -2.36. The molecule has 27 heavy (non-hydrogen) atoms. The first kappa shape index (κ1) is 17.7. The molecule has 140 valence electrons. The first-order valence-corrected chi connectivity index (χ1v) is 9.46. The SMILES string of the molecule is Cc1cc(F)cc2c1N(C(=O)c1cccc(NC(=O)C3CC3C)c1)CCC2. The zero-order valence-corrected chi connectivity index (χ0v) is 15.6. The fourth-order valence-corrected chi connectivity index (χ4v) is 3.93. The number of benzene rings is 2. The molecule has 0 aromatic heterocycles. The van der Waals surface area contributed by atoms with Crippen LogP contribution < -0.4 is 10.2 Å². The number of halogens is 1. The van der Waals surface area contributed by atoms with E-state index in [9.17, 15) is 14.0 Å². The third kappa shape index (κ3) is 3.46.